The molecule has 0 radical (unpaired) electrons. The molecule has 1 saturated carbocycles. The zero-order valence-corrected chi connectivity index (χ0v) is 19.0. The van der Waals surface area contributed by atoms with Gasteiger partial charge in [-0.2, -0.15) is 5.10 Å². The molecule has 3 heterocycles. The van der Waals surface area contributed by atoms with Gasteiger partial charge in [-0.05, 0) is 49.4 Å². The molecule has 0 bridgehead atoms. The molecular formula is C24H24F2N4O2S. The van der Waals surface area contributed by atoms with Crippen molar-refractivity contribution in [2.45, 2.75) is 57.2 Å². The number of nitrogens with one attached hydrogen (secondary N) is 1. The minimum absolute atomic E-state index is 0.0128. The Morgan fingerprint density at radius 1 is 1.18 bits per heavy atom. The molecule has 6 nitrogen and oxygen atoms in total. The second-order valence-electron chi connectivity index (χ2n) is 8.87. The number of fused-ring (bicyclic) bond motifs is 1. The van der Waals surface area contributed by atoms with Gasteiger partial charge in [0.05, 0.1) is 17.1 Å². The van der Waals surface area contributed by atoms with E-state index in [0.717, 1.165) is 54.0 Å². The largest absolute Gasteiger partial charge is 0.351 e. The summed E-state index contributed by atoms with van der Waals surface area (Å²) < 4.78 is 30.1. The van der Waals surface area contributed by atoms with Crippen molar-refractivity contribution in [2.24, 2.45) is 0 Å². The third-order valence-electron chi connectivity index (χ3n) is 6.51. The molecule has 3 aromatic rings. The van der Waals surface area contributed by atoms with Crippen molar-refractivity contribution in [2.75, 3.05) is 4.90 Å². The number of amides is 2. The molecule has 0 spiro atoms. The Kier molecular flexibility index (Phi) is 5.52. The van der Waals surface area contributed by atoms with Crippen LogP contribution in [0.25, 0.3) is 10.6 Å². The number of benzene rings is 1. The average Bonchev–Trinajstić information content (AvgIpc) is 3.46. The summed E-state index contributed by atoms with van der Waals surface area (Å²) in [5.74, 6) is -2.57. The van der Waals surface area contributed by atoms with Gasteiger partial charge in [-0.25, -0.2) is 8.78 Å². The van der Waals surface area contributed by atoms with Gasteiger partial charge in [0.2, 0.25) is 5.91 Å². The number of hydrogen-bond acceptors (Lipinski definition) is 4. The van der Waals surface area contributed by atoms with Crippen LogP contribution in [0.5, 0.6) is 0 Å². The Morgan fingerprint density at radius 3 is 2.67 bits per heavy atom. The number of rotatable bonds is 4. The highest BCUT2D eigenvalue weighted by Crippen LogP contribution is 2.36. The Labute approximate surface area is 194 Å². The lowest BCUT2D eigenvalue weighted by Gasteiger charge is -2.44. The lowest BCUT2D eigenvalue weighted by atomic mass is 9.91. The maximum absolute atomic E-state index is 14.9. The quantitative estimate of drug-likeness (QED) is 0.598. The summed E-state index contributed by atoms with van der Waals surface area (Å²) in [6.07, 6.45) is 4.94. The van der Waals surface area contributed by atoms with E-state index in [1.54, 1.807) is 13.0 Å². The van der Waals surface area contributed by atoms with Crippen molar-refractivity contribution in [1.29, 1.82) is 0 Å². The fraction of sp³-hybridized carbons (Fsp3) is 0.375. The molecule has 5 rings (SSSR count). The van der Waals surface area contributed by atoms with E-state index < -0.39 is 23.1 Å². The molecule has 1 aromatic carbocycles. The summed E-state index contributed by atoms with van der Waals surface area (Å²) >= 11 is 1.49. The van der Waals surface area contributed by atoms with Crippen LogP contribution in [0.2, 0.25) is 0 Å². The molecule has 1 atom stereocenters. The number of carbonyl (C=O) groups excluding carboxylic acids is 2. The molecule has 1 unspecified atom stereocenters. The predicted octanol–water partition coefficient (Wildman–Crippen LogP) is 4.76. The number of thiophene rings is 1. The SMILES string of the molecule is CC1(C(=O)NC2CCCCC2)Cn2nc(-c3cccs3)cc2C(=O)N1c1ccc(F)cc1F. The van der Waals surface area contributed by atoms with Crippen LogP contribution < -0.4 is 10.2 Å². The van der Waals surface area contributed by atoms with Crippen LogP contribution in [-0.2, 0) is 11.3 Å². The second-order valence-corrected chi connectivity index (χ2v) is 9.82. The Bertz CT molecular complexity index is 1200. The first-order valence-electron chi connectivity index (χ1n) is 11.1. The van der Waals surface area contributed by atoms with E-state index in [9.17, 15) is 18.4 Å². The van der Waals surface area contributed by atoms with Gasteiger partial charge in [-0.15, -0.1) is 11.3 Å². The minimum Gasteiger partial charge on any atom is -0.351 e. The van der Waals surface area contributed by atoms with Crippen LogP contribution >= 0.6 is 11.3 Å². The molecule has 2 aromatic heterocycles. The van der Waals surface area contributed by atoms with Gasteiger partial charge in [-0.3, -0.25) is 19.2 Å². The van der Waals surface area contributed by atoms with E-state index in [1.807, 2.05) is 17.5 Å². The van der Waals surface area contributed by atoms with Gasteiger partial charge in [0.25, 0.3) is 5.91 Å². The van der Waals surface area contributed by atoms with E-state index >= 15 is 0 Å². The first-order chi connectivity index (χ1) is 15.9. The Morgan fingerprint density at radius 2 is 1.97 bits per heavy atom. The van der Waals surface area contributed by atoms with E-state index in [4.69, 9.17) is 0 Å². The summed E-state index contributed by atoms with van der Waals surface area (Å²) in [5, 5.41) is 9.57. The van der Waals surface area contributed by atoms with E-state index in [2.05, 4.69) is 10.4 Å². The third-order valence-corrected chi connectivity index (χ3v) is 7.40. The Hall–Kier alpha value is -3.07. The lowest BCUT2D eigenvalue weighted by Crippen LogP contribution is -2.65. The molecule has 2 aliphatic rings. The van der Waals surface area contributed by atoms with Crippen molar-refractivity contribution >= 4 is 28.8 Å². The molecule has 1 aliphatic carbocycles. The number of carbonyl (C=O) groups is 2. The van der Waals surface area contributed by atoms with Crippen LogP contribution in [0, 0.1) is 11.6 Å². The van der Waals surface area contributed by atoms with Crippen LogP contribution in [0.15, 0.2) is 41.8 Å². The minimum atomic E-state index is -1.45. The number of aromatic nitrogens is 2. The number of hydrogen-bond donors (Lipinski definition) is 1. The summed E-state index contributed by atoms with van der Waals surface area (Å²) in [6, 6.07) is 8.48. The van der Waals surface area contributed by atoms with Crippen LogP contribution in [0.3, 0.4) is 0 Å². The highest BCUT2D eigenvalue weighted by Gasteiger charge is 2.50. The van der Waals surface area contributed by atoms with E-state index in [0.29, 0.717) is 5.69 Å². The highest BCUT2D eigenvalue weighted by molar-refractivity contribution is 7.13. The summed E-state index contributed by atoms with van der Waals surface area (Å²) in [6.45, 7) is 1.66. The van der Waals surface area contributed by atoms with E-state index in [1.165, 1.54) is 22.1 Å². The molecule has 0 saturated heterocycles. The van der Waals surface area contributed by atoms with Crippen LogP contribution in [0.4, 0.5) is 14.5 Å². The van der Waals surface area contributed by atoms with Crippen molar-refractivity contribution in [3.63, 3.8) is 0 Å². The third kappa shape index (κ3) is 3.84. The summed E-state index contributed by atoms with van der Waals surface area (Å²) in [4.78, 5) is 29.3. The normalized spacial score (nSPS) is 21.2. The summed E-state index contributed by atoms with van der Waals surface area (Å²) in [5.41, 5.74) is -0.707. The first-order valence-corrected chi connectivity index (χ1v) is 12.0. The zero-order chi connectivity index (χ0) is 23.2. The Balaban J connectivity index is 1.58. The second kappa shape index (κ2) is 8.37. The fourth-order valence-electron chi connectivity index (χ4n) is 4.75. The van der Waals surface area contributed by atoms with Gasteiger partial charge >= 0.3 is 0 Å². The van der Waals surface area contributed by atoms with Gasteiger partial charge in [0, 0.05) is 12.1 Å². The van der Waals surface area contributed by atoms with E-state index in [-0.39, 0.29) is 29.9 Å². The molecule has 1 fully saturated rings. The number of halogens is 2. The number of nitrogens with zero attached hydrogens (tertiary/aromatic N) is 3. The van der Waals surface area contributed by atoms with Gasteiger partial charge in [0.15, 0.2) is 0 Å². The van der Waals surface area contributed by atoms with Gasteiger partial charge in [-0.1, -0.05) is 25.3 Å². The van der Waals surface area contributed by atoms with Crippen LogP contribution in [-0.4, -0.2) is 33.2 Å². The summed E-state index contributed by atoms with van der Waals surface area (Å²) in [7, 11) is 0. The fourth-order valence-corrected chi connectivity index (χ4v) is 5.44. The van der Waals surface area contributed by atoms with Crippen LogP contribution in [0.1, 0.15) is 49.5 Å². The smallest absolute Gasteiger partial charge is 0.277 e. The van der Waals surface area contributed by atoms with Gasteiger partial charge in [0.1, 0.15) is 28.6 Å². The standard InChI is InChI=1S/C24H24F2N4O2S/c1-24(23(32)27-16-6-3-2-4-7-16)14-29-20(13-18(28-29)21-8-5-11-33-21)22(31)30(24)19-10-9-15(25)12-17(19)26/h5,8-13,16H,2-4,6-7,14H2,1H3,(H,27,32). The average molecular weight is 471 g/mol. The van der Waals surface area contributed by atoms with Crippen molar-refractivity contribution in [3.05, 3.63) is 59.1 Å². The van der Waals surface area contributed by atoms with Crippen molar-refractivity contribution < 1.29 is 18.4 Å². The molecule has 9 heteroatoms. The number of anilines is 1. The van der Waals surface area contributed by atoms with Gasteiger partial charge < -0.3 is 5.32 Å². The predicted molar refractivity (Wildman–Crippen MR) is 122 cm³/mol. The molecule has 1 N–H and O–H groups in total. The highest BCUT2D eigenvalue weighted by atomic mass is 32.1. The van der Waals surface area contributed by atoms with Crippen molar-refractivity contribution in [3.8, 4) is 10.6 Å². The monoisotopic (exact) mass is 470 g/mol. The topological polar surface area (TPSA) is 67.2 Å². The molecule has 2 amide bonds. The molecular weight excluding hydrogens is 446 g/mol. The first kappa shape index (κ1) is 21.8. The zero-order valence-electron chi connectivity index (χ0n) is 18.2. The lowest BCUT2D eigenvalue weighted by molar-refractivity contribution is -0.127. The maximum atomic E-state index is 14.9. The molecule has 1 aliphatic heterocycles. The molecule has 33 heavy (non-hydrogen) atoms. The maximum Gasteiger partial charge on any atom is 0.277 e. The molecule has 172 valence electrons. The van der Waals surface area contributed by atoms with Crippen molar-refractivity contribution in [1.82, 2.24) is 15.1 Å².